The minimum absolute atomic E-state index is 0.0365. The highest BCUT2D eigenvalue weighted by Gasteiger charge is 2.22. The number of benzene rings is 3. The molecule has 7 nitrogen and oxygen atoms in total. The van der Waals surface area contributed by atoms with E-state index >= 15 is 0 Å². The molecule has 4 aromatic rings. The van der Waals surface area contributed by atoms with E-state index in [1.54, 1.807) is 30.3 Å². The Morgan fingerprint density at radius 3 is 2.07 bits per heavy atom. The lowest BCUT2D eigenvalue weighted by atomic mass is 9.95. The van der Waals surface area contributed by atoms with E-state index < -0.39 is 17.9 Å². The number of para-hydroxylation sites is 1. The van der Waals surface area contributed by atoms with Gasteiger partial charge in [-0.25, -0.2) is 14.4 Å². The van der Waals surface area contributed by atoms with Crippen LogP contribution in [0.5, 0.6) is 0 Å². The first-order valence-corrected chi connectivity index (χ1v) is 8.17. The molecule has 0 aliphatic rings. The van der Waals surface area contributed by atoms with Gasteiger partial charge < -0.3 is 19.7 Å². The Hall–Kier alpha value is -4.13. The van der Waals surface area contributed by atoms with Gasteiger partial charge in [-0.05, 0) is 35.4 Å². The maximum Gasteiger partial charge on any atom is 0.339 e. The van der Waals surface area contributed by atoms with E-state index in [1.807, 2.05) is 0 Å². The summed E-state index contributed by atoms with van der Waals surface area (Å²) in [7, 11) is 0. The molecule has 0 spiro atoms. The van der Waals surface area contributed by atoms with Gasteiger partial charge >= 0.3 is 17.9 Å². The fourth-order valence-electron chi connectivity index (χ4n) is 3.30. The molecule has 3 aromatic carbocycles. The molecular weight excluding hydrogens is 364 g/mol. The summed E-state index contributed by atoms with van der Waals surface area (Å²) >= 11 is 0. The van der Waals surface area contributed by atoms with Crippen molar-refractivity contribution in [3.8, 4) is 11.1 Å². The average molecular weight is 376 g/mol. The van der Waals surface area contributed by atoms with Crippen molar-refractivity contribution in [2.75, 3.05) is 0 Å². The molecule has 28 heavy (non-hydrogen) atoms. The van der Waals surface area contributed by atoms with Crippen LogP contribution >= 0.6 is 0 Å². The Balaban J connectivity index is 2.15. The highest BCUT2D eigenvalue weighted by molar-refractivity contribution is 6.20. The monoisotopic (exact) mass is 376 g/mol. The second kappa shape index (κ2) is 6.24. The molecule has 0 saturated carbocycles. The third-order valence-electron chi connectivity index (χ3n) is 4.53. The Labute approximate surface area is 157 Å². The largest absolute Gasteiger partial charge is 0.478 e. The lowest BCUT2D eigenvalue weighted by molar-refractivity contribution is 0.0686. The second-order valence-electron chi connectivity index (χ2n) is 6.15. The van der Waals surface area contributed by atoms with Crippen molar-refractivity contribution in [3.05, 3.63) is 71.3 Å². The van der Waals surface area contributed by atoms with Crippen LogP contribution in [-0.2, 0) is 0 Å². The number of aromatic carboxylic acids is 3. The number of rotatable bonds is 4. The van der Waals surface area contributed by atoms with Crippen molar-refractivity contribution in [2.24, 2.45) is 0 Å². The predicted molar refractivity (Wildman–Crippen MR) is 100 cm³/mol. The predicted octanol–water partition coefficient (Wildman–Crippen LogP) is 4.35. The minimum Gasteiger partial charge on any atom is -0.478 e. The molecule has 0 bridgehead atoms. The maximum absolute atomic E-state index is 11.6. The SMILES string of the molecule is O=C(O)c1cccc(-c2ccc(C(=O)O)c3oc4c(C(=O)O)cccc4c23)c1. The first-order valence-electron chi connectivity index (χ1n) is 8.17. The molecule has 0 saturated heterocycles. The molecule has 0 radical (unpaired) electrons. The van der Waals surface area contributed by atoms with Crippen molar-refractivity contribution in [3.63, 3.8) is 0 Å². The highest BCUT2D eigenvalue weighted by Crippen LogP contribution is 2.39. The molecule has 138 valence electrons. The number of hydrogen-bond acceptors (Lipinski definition) is 4. The van der Waals surface area contributed by atoms with E-state index in [9.17, 15) is 29.7 Å². The van der Waals surface area contributed by atoms with E-state index in [0.29, 0.717) is 21.9 Å². The van der Waals surface area contributed by atoms with Crippen molar-refractivity contribution in [1.82, 2.24) is 0 Å². The van der Waals surface area contributed by atoms with Gasteiger partial charge in [-0.3, -0.25) is 0 Å². The number of hydrogen-bond donors (Lipinski definition) is 3. The third-order valence-corrected chi connectivity index (χ3v) is 4.53. The van der Waals surface area contributed by atoms with Gasteiger partial charge in [-0.2, -0.15) is 0 Å². The number of carboxylic acid groups (broad SMARTS) is 3. The lowest BCUT2D eigenvalue weighted by Gasteiger charge is -2.07. The van der Waals surface area contributed by atoms with E-state index in [4.69, 9.17) is 4.42 Å². The highest BCUT2D eigenvalue weighted by atomic mass is 16.4. The molecule has 1 heterocycles. The fraction of sp³-hybridized carbons (Fsp3) is 0. The maximum atomic E-state index is 11.6. The number of furan rings is 1. The van der Waals surface area contributed by atoms with Gasteiger partial charge in [0, 0.05) is 10.8 Å². The van der Waals surface area contributed by atoms with Gasteiger partial charge in [-0.15, -0.1) is 0 Å². The van der Waals surface area contributed by atoms with Crippen molar-refractivity contribution in [2.45, 2.75) is 0 Å². The van der Waals surface area contributed by atoms with Crippen LogP contribution in [0.1, 0.15) is 31.1 Å². The smallest absolute Gasteiger partial charge is 0.339 e. The standard InChI is InChI=1S/C21H12O7/c22-19(23)11-4-1-3-10(9-11)12-7-8-15(21(26)27)18-16(12)13-5-2-6-14(20(24)25)17(13)28-18/h1-9H,(H,22,23)(H,24,25)(H,26,27). The molecule has 0 aliphatic carbocycles. The molecule has 0 fully saturated rings. The topological polar surface area (TPSA) is 125 Å². The van der Waals surface area contributed by atoms with E-state index in [2.05, 4.69) is 0 Å². The molecule has 4 rings (SSSR count). The summed E-state index contributed by atoms with van der Waals surface area (Å²) in [5, 5.41) is 29.0. The summed E-state index contributed by atoms with van der Waals surface area (Å²) in [6.45, 7) is 0. The lowest BCUT2D eigenvalue weighted by Crippen LogP contribution is -1.98. The zero-order valence-corrected chi connectivity index (χ0v) is 14.2. The van der Waals surface area contributed by atoms with Gasteiger partial charge in [0.15, 0.2) is 5.58 Å². The van der Waals surface area contributed by atoms with Gasteiger partial charge in [0.25, 0.3) is 0 Å². The molecular formula is C21H12O7. The van der Waals surface area contributed by atoms with Crippen LogP contribution in [0.25, 0.3) is 33.1 Å². The first kappa shape index (κ1) is 17.3. The molecule has 0 amide bonds. The Bertz CT molecular complexity index is 1300. The fourth-order valence-corrected chi connectivity index (χ4v) is 3.30. The zero-order chi connectivity index (χ0) is 20.0. The Morgan fingerprint density at radius 2 is 1.39 bits per heavy atom. The van der Waals surface area contributed by atoms with Gasteiger partial charge in [0.05, 0.1) is 5.56 Å². The molecule has 3 N–H and O–H groups in total. The van der Waals surface area contributed by atoms with Crippen LogP contribution in [0.4, 0.5) is 0 Å². The molecule has 1 aromatic heterocycles. The summed E-state index contributed by atoms with van der Waals surface area (Å²) in [4.78, 5) is 34.5. The number of carbonyl (C=O) groups is 3. The van der Waals surface area contributed by atoms with Gasteiger partial charge in [0.1, 0.15) is 16.7 Å². The number of carboxylic acids is 3. The average Bonchev–Trinajstić information content (AvgIpc) is 3.06. The summed E-state index contributed by atoms with van der Waals surface area (Å²) in [6.07, 6.45) is 0. The van der Waals surface area contributed by atoms with Crippen LogP contribution in [0.2, 0.25) is 0 Å². The summed E-state index contributed by atoms with van der Waals surface area (Å²) in [6, 6.07) is 13.7. The molecule has 0 atom stereocenters. The van der Waals surface area contributed by atoms with Crippen LogP contribution < -0.4 is 0 Å². The summed E-state index contributed by atoms with van der Waals surface area (Å²) < 4.78 is 5.70. The molecule has 7 heteroatoms. The second-order valence-corrected chi connectivity index (χ2v) is 6.15. The van der Waals surface area contributed by atoms with Crippen LogP contribution in [-0.4, -0.2) is 33.2 Å². The van der Waals surface area contributed by atoms with Crippen molar-refractivity contribution >= 4 is 39.8 Å². The summed E-state index contributed by atoms with van der Waals surface area (Å²) in [5.41, 5.74) is 1.07. The summed E-state index contributed by atoms with van der Waals surface area (Å²) in [5.74, 6) is -3.51. The van der Waals surface area contributed by atoms with Crippen molar-refractivity contribution < 1.29 is 34.1 Å². The van der Waals surface area contributed by atoms with Crippen molar-refractivity contribution in [1.29, 1.82) is 0 Å². The van der Waals surface area contributed by atoms with E-state index in [1.165, 1.54) is 24.3 Å². The van der Waals surface area contributed by atoms with E-state index in [-0.39, 0.29) is 27.9 Å². The van der Waals surface area contributed by atoms with Gasteiger partial charge in [0.2, 0.25) is 0 Å². The third kappa shape index (κ3) is 2.57. The van der Waals surface area contributed by atoms with E-state index in [0.717, 1.165) is 0 Å². The Kier molecular flexibility index (Phi) is 3.85. The molecule has 0 aliphatic heterocycles. The molecule has 0 unspecified atom stereocenters. The Morgan fingerprint density at radius 1 is 0.714 bits per heavy atom. The van der Waals surface area contributed by atoms with Crippen LogP contribution in [0.15, 0.2) is 59.0 Å². The number of fused-ring (bicyclic) bond motifs is 3. The van der Waals surface area contributed by atoms with Gasteiger partial charge in [-0.1, -0.05) is 30.3 Å². The minimum atomic E-state index is -1.22. The quantitative estimate of drug-likeness (QED) is 0.483. The van der Waals surface area contributed by atoms with Crippen LogP contribution in [0, 0.1) is 0 Å². The normalized spacial score (nSPS) is 11.0. The zero-order valence-electron chi connectivity index (χ0n) is 14.2. The first-order chi connectivity index (χ1) is 13.4. The van der Waals surface area contributed by atoms with Crippen LogP contribution in [0.3, 0.4) is 0 Å².